The highest BCUT2D eigenvalue weighted by Crippen LogP contribution is 2.49. The number of halogens is 2. The molecule has 1 atom stereocenters. The molecule has 0 aliphatic carbocycles. The van der Waals surface area contributed by atoms with Crippen molar-refractivity contribution >= 4 is 22.6 Å². The summed E-state index contributed by atoms with van der Waals surface area (Å²) in [5.41, 5.74) is 3.35. The summed E-state index contributed by atoms with van der Waals surface area (Å²) in [5.74, 6) is -2.65. The Labute approximate surface area is 217 Å². The van der Waals surface area contributed by atoms with Crippen molar-refractivity contribution in [1.29, 1.82) is 0 Å². The number of ether oxygens (including phenoxy) is 1. The monoisotopic (exact) mass is 513 g/mol. The zero-order chi connectivity index (χ0) is 27.4. The Kier molecular flexibility index (Phi) is 7.12. The van der Waals surface area contributed by atoms with E-state index in [0.29, 0.717) is 22.1 Å². The number of hydrogen-bond donors (Lipinski definition) is 1. The number of nitrogens with zero attached hydrogens (tertiary/aromatic N) is 3. The third-order valence-electron chi connectivity index (χ3n) is 6.95. The topological polar surface area (TPSA) is 57.9 Å². The van der Waals surface area contributed by atoms with Gasteiger partial charge >= 0.3 is 5.97 Å². The predicted octanol–water partition coefficient (Wildman–Crippen LogP) is 5.83. The van der Waals surface area contributed by atoms with Crippen LogP contribution < -0.4 is 4.90 Å². The van der Waals surface area contributed by atoms with Gasteiger partial charge in [-0.05, 0) is 85.0 Å². The first kappa shape index (κ1) is 27.1. The fourth-order valence-corrected chi connectivity index (χ4v) is 5.43. The molecule has 6 nitrogen and oxygen atoms in total. The fraction of sp³-hybridized carbons (Fsp3) is 0.483. The molecule has 2 aromatic carbocycles. The molecule has 1 aliphatic rings. The minimum absolute atomic E-state index is 0.221. The number of hydrogen-bond acceptors (Lipinski definition) is 4. The Morgan fingerprint density at radius 2 is 1.70 bits per heavy atom. The van der Waals surface area contributed by atoms with Gasteiger partial charge in [-0.3, -0.25) is 0 Å². The smallest absolute Gasteiger partial charge is 0.337 e. The lowest BCUT2D eigenvalue weighted by molar-refractivity contribution is -0.160. The first-order valence-corrected chi connectivity index (χ1v) is 12.6. The summed E-state index contributed by atoms with van der Waals surface area (Å²) in [7, 11) is 4.02. The zero-order valence-corrected chi connectivity index (χ0v) is 23.0. The normalized spacial score (nSPS) is 14.6. The van der Waals surface area contributed by atoms with Gasteiger partial charge in [0.25, 0.3) is 0 Å². The molecule has 37 heavy (non-hydrogen) atoms. The quantitative estimate of drug-likeness (QED) is 0.431. The SMILES string of the molecule is Cc1cc(F)c(-c2c([C@H](OC(C)(C)C)C(=O)O)c(C)c3c4c2cc(C)n4CCN3CCN(C)C)c(F)c1. The first-order chi connectivity index (χ1) is 17.2. The third-order valence-corrected chi connectivity index (χ3v) is 6.95. The molecule has 0 radical (unpaired) electrons. The van der Waals surface area contributed by atoms with Crippen LogP contribution in [0.5, 0.6) is 0 Å². The summed E-state index contributed by atoms with van der Waals surface area (Å²) in [6.07, 6.45) is -1.42. The molecule has 0 saturated carbocycles. The minimum Gasteiger partial charge on any atom is -0.479 e. The number of anilines is 1. The van der Waals surface area contributed by atoms with Crippen LogP contribution in [0.1, 0.15) is 49.3 Å². The van der Waals surface area contributed by atoms with E-state index < -0.39 is 29.3 Å². The molecule has 0 amide bonds. The van der Waals surface area contributed by atoms with Crippen molar-refractivity contribution in [2.45, 2.75) is 59.8 Å². The van der Waals surface area contributed by atoms with Crippen LogP contribution in [0.25, 0.3) is 22.0 Å². The van der Waals surface area contributed by atoms with Crippen LogP contribution in [0.15, 0.2) is 18.2 Å². The summed E-state index contributed by atoms with van der Waals surface area (Å²) in [6.45, 7) is 13.8. The second kappa shape index (κ2) is 9.72. The molecular weight excluding hydrogens is 476 g/mol. The number of likely N-dealkylation sites (N-methyl/N-ethyl adjacent to an activating group) is 1. The summed E-state index contributed by atoms with van der Waals surface area (Å²) in [5, 5.41) is 11.0. The number of rotatable bonds is 7. The van der Waals surface area contributed by atoms with E-state index in [9.17, 15) is 9.90 Å². The van der Waals surface area contributed by atoms with Gasteiger partial charge in [0, 0.05) is 48.4 Å². The van der Waals surface area contributed by atoms with Crippen molar-refractivity contribution in [1.82, 2.24) is 9.47 Å². The van der Waals surface area contributed by atoms with Crippen molar-refractivity contribution < 1.29 is 23.4 Å². The lowest BCUT2D eigenvalue weighted by Crippen LogP contribution is -2.38. The largest absolute Gasteiger partial charge is 0.479 e. The van der Waals surface area contributed by atoms with Gasteiger partial charge < -0.3 is 24.2 Å². The molecule has 4 rings (SSSR count). The average molecular weight is 514 g/mol. The van der Waals surface area contributed by atoms with Crippen molar-refractivity contribution in [2.24, 2.45) is 0 Å². The zero-order valence-electron chi connectivity index (χ0n) is 23.0. The van der Waals surface area contributed by atoms with Gasteiger partial charge in [0.15, 0.2) is 6.10 Å². The van der Waals surface area contributed by atoms with Crippen LogP contribution in [0, 0.1) is 32.4 Å². The molecule has 1 aliphatic heterocycles. The van der Waals surface area contributed by atoms with Crippen LogP contribution >= 0.6 is 0 Å². The Bertz CT molecular complexity index is 1350. The third kappa shape index (κ3) is 4.97. The molecule has 2 heterocycles. The van der Waals surface area contributed by atoms with Crippen LogP contribution in [0.2, 0.25) is 0 Å². The van der Waals surface area contributed by atoms with Crippen molar-refractivity contribution in [2.75, 3.05) is 38.6 Å². The lowest BCUT2D eigenvalue weighted by Gasteiger charge is -2.36. The standard InChI is InChI=1S/C29H37F2N3O3/c1-16-13-20(30)24(21(31)14-16)23-19-15-17(2)34-12-11-33(10-9-32(7)8)25(26(19)34)18(3)22(23)27(28(35)36)37-29(4,5)6/h13-15,27H,9-12H2,1-8H3,(H,35,36)/t27-/m0/s1. The molecule has 1 N–H and O–H groups in total. The highest BCUT2D eigenvalue weighted by Gasteiger charge is 2.37. The van der Waals surface area contributed by atoms with E-state index in [1.165, 1.54) is 12.1 Å². The maximum absolute atomic E-state index is 15.6. The lowest BCUT2D eigenvalue weighted by atomic mass is 9.86. The van der Waals surface area contributed by atoms with Crippen LogP contribution in [-0.4, -0.2) is 59.9 Å². The second-order valence-electron chi connectivity index (χ2n) is 11.3. The van der Waals surface area contributed by atoms with Crippen LogP contribution in [0.3, 0.4) is 0 Å². The molecule has 200 valence electrons. The maximum atomic E-state index is 15.6. The predicted molar refractivity (Wildman–Crippen MR) is 143 cm³/mol. The maximum Gasteiger partial charge on any atom is 0.337 e. The molecule has 0 unspecified atom stereocenters. The highest BCUT2D eigenvalue weighted by molar-refractivity contribution is 6.07. The van der Waals surface area contributed by atoms with Gasteiger partial charge in [-0.25, -0.2) is 13.6 Å². The molecule has 0 bridgehead atoms. The van der Waals surface area contributed by atoms with Gasteiger partial charge in [0.2, 0.25) is 0 Å². The van der Waals surface area contributed by atoms with Crippen LogP contribution in [-0.2, 0) is 16.1 Å². The Balaban J connectivity index is 2.17. The van der Waals surface area contributed by atoms with Gasteiger partial charge in [0.05, 0.1) is 22.4 Å². The summed E-state index contributed by atoms with van der Waals surface area (Å²) >= 11 is 0. The van der Waals surface area contributed by atoms with Crippen molar-refractivity contribution in [3.05, 3.63) is 52.2 Å². The van der Waals surface area contributed by atoms with E-state index in [2.05, 4.69) is 14.4 Å². The first-order valence-electron chi connectivity index (χ1n) is 12.6. The molecule has 8 heteroatoms. The average Bonchev–Trinajstić information content (AvgIpc) is 3.09. The molecule has 3 aromatic rings. The summed E-state index contributed by atoms with van der Waals surface area (Å²) in [6, 6.07) is 4.49. The summed E-state index contributed by atoms with van der Waals surface area (Å²) in [4.78, 5) is 17.1. The number of aromatic nitrogens is 1. The number of carbonyl (C=O) groups is 1. The van der Waals surface area contributed by atoms with E-state index in [1.807, 2.05) is 34.0 Å². The number of aryl methyl sites for hydroxylation is 2. The van der Waals surface area contributed by atoms with Crippen LogP contribution in [0.4, 0.5) is 14.5 Å². The molecule has 1 aromatic heterocycles. The number of carboxylic acid groups (broad SMARTS) is 1. The second-order valence-corrected chi connectivity index (χ2v) is 11.3. The molecule has 0 spiro atoms. The van der Waals surface area contributed by atoms with E-state index in [4.69, 9.17) is 4.74 Å². The van der Waals surface area contributed by atoms with Gasteiger partial charge in [-0.1, -0.05) is 0 Å². The van der Waals surface area contributed by atoms with Gasteiger partial charge in [-0.15, -0.1) is 0 Å². The Morgan fingerprint density at radius 1 is 1.08 bits per heavy atom. The summed E-state index contributed by atoms with van der Waals surface area (Å²) < 4.78 is 39.4. The van der Waals surface area contributed by atoms with Gasteiger partial charge in [-0.2, -0.15) is 0 Å². The van der Waals surface area contributed by atoms with E-state index in [1.54, 1.807) is 27.7 Å². The van der Waals surface area contributed by atoms with Crippen molar-refractivity contribution in [3.8, 4) is 11.1 Å². The molecular formula is C29H37F2N3O3. The highest BCUT2D eigenvalue weighted by atomic mass is 19.1. The van der Waals surface area contributed by atoms with E-state index in [-0.39, 0.29) is 11.1 Å². The number of benzene rings is 2. The fourth-order valence-electron chi connectivity index (χ4n) is 5.43. The minimum atomic E-state index is -1.42. The van der Waals surface area contributed by atoms with E-state index >= 15 is 8.78 Å². The number of carboxylic acids is 1. The number of aliphatic carboxylic acids is 1. The van der Waals surface area contributed by atoms with Crippen molar-refractivity contribution in [3.63, 3.8) is 0 Å². The Hall–Kier alpha value is -2.97. The van der Waals surface area contributed by atoms with E-state index in [0.717, 1.165) is 43.1 Å². The molecule has 0 saturated heterocycles. The van der Waals surface area contributed by atoms with Gasteiger partial charge in [0.1, 0.15) is 11.6 Å². The molecule has 0 fully saturated rings. The Morgan fingerprint density at radius 3 is 2.24 bits per heavy atom.